The first kappa shape index (κ1) is 11.5. The molecule has 0 aliphatic heterocycles. The van der Waals surface area contributed by atoms with Gasteiger partial charge >= 0.3 is 0 Å². The number of imidazole rings is 1. The molecule has 0 fully saturated rings. The highest BCUT2D eigenvalue weighted by Gasteiger charge is 2.06. The summed E-state index contributed by atoms with van der Waals surface area (Å²) in [6.07, 6.45) is 1.81. The maximum Gasteiger partial charge on any atom is 0.200 e. The van der Waals surface area contributed by atoms with E-state index in [9.17, 15) is 0 Å². The molecule has 2 rings (SSSR count). The van der Waals surface area contributed by atoms with Gasteiger partial charge in [-0.25, -0.2) is 4.98 Å². The van der Waals surface area contributed by atoms with Crippen molar-refractivity contribution in [1.82, 2.24) is 9.97 Å². The zero-order chi connectivity index (χ0) is 12.3. The van der Waals surface area contributed by atoms with Crippen LogP contribution in [-0.2, 0) is 0 Å². The maximum atomic E-state index is 5.13. The van der Waals surface area contributed by atoms with Gasteiger partial charge in [-0.15, -0.1) is 0 Å². The Hall–Kier alpha value is -1.97. The second kappa shape index (κ2) is 4.91. The van der Waals surface area contributed by atoms with E-state index in [4.69, 9.17) is 4.74 Å². The molecule has 4 heteroatoms. The van der Waals surface area contributed by atoms with Gasteiger partial charge in [0.05, 0.1) is 13.2 Å². The van der Waals surface area contributed by atoms with Crippen molar-refractivity contribution in [2.45, 2.75) is 19.9 Å². The van der Waals surface area contributed by atoms with Gasteiger partial charge in [0.2, 0.25) is 5.95 Å². The summed E-state index contributed by atoms with van der Waals surface area (Å²) in [5, 5.41) is 3.31. The molecule has 0 aliphatic carbocycles. The molecule has 0 saturated heterocycles. The lowest BCUT2D eigenvalue weighted by molar-refractivity contribution is 0.414. The SMILES string of the molecule is COc1ccc(C(C)Nc2ncc(C)[nH]2)cc1. The van der Waals surface area contributed by atoms with Crippen LogP contribution in [0.15, 0.2) is 30.5 Å². The van der Waals surface area contributed by atoms with E-state index in [1.54, 1.807) is 7.11 Å². The molecule has 2 N–H and O–H groups in total. The van der Waals surface area contributed by atoms with Crippen LogP contribution in [0.3, 0.4) is 0 Å². The van der Waals surface area contributed by atoms with Crippen LogP contribution in [0, 0.1) is 6.92 Å². The molecule has 0 saturated carbocycles. The maximum absolute atomic E-state index is 5.13. The number of methoxy groups -OCH3 is 1. The van der Waals surface area contributed by atoms with Crippen LogP contribution in [0.4, 0.5) is 5.95 Å². The standard InChI is InChI=1S/C13H17N3O/c1-9-8-14-13(15-9)16-10(2)11-4-6-12(17-3)7-5-11/h4-8,10H,1-3H3,(H2,14,15,16). The summed E-state index contributed by atoms with van der Waals surface area (Å²) >= 11 is 0. The molecule has 0 spiro atoms. The summed E-state index contributed by atoms with van der Waals surface area (Å²) in [5.74, 6) is 1.67. The number of aromatic amines is 1. The fourth-order valence-corrected chi connectivity index (χ4v) is 1.67. The Morgan fingerprint density at radius 2 is 2.00 bits per heavy atom. The minimum atomic E-state index is 0.200. The zero-order valence-electron chi connectivity index (χ0n) is 10.3. The highest BCUT2D eigenvalue weighted by atomic mass is 16.5. The number of rotatable bonds is 4. The van der Waals surface area contributed by atoms with Crippen LogP contribution >= 0.6 is 0 Å². The number of aryl methyl sites for hydroxylation is 1. The number of H-pyrrole nitrogens is 1. The number of ether oxygens (including phenoxy) is 1. The molecule has 90 valence electrons. The van der Waals surface area contributed by atoms with E-state index in [2.05, 4.69) is 22.2 Å². The third-order valence-corrected chi connectivity index (χ3v) is 2.67. The third-order valence-electron chi connectivity index (χ3n) is 2.67. The molecule has 1 atom stereocenters. The van der Waals surface area contributed by atoms with Gasteiger partial charge in [-0.3, -0.25) is 0 Å². The number of benzene rings is 1. The van der Waals surface area contributed by atoms with Crippen LogP contribution in [0.1, 0.15) is 24.2 Å². The van der Waals surface area contributed by atoms with E-state index in [-0.39, 0.29) is 6.04 Å². The highest BCUT2D eigenvalue weighted by molar-refractivity contribution is 5.35. The third kappa shape index (κ3) is 2.78. The quantitative estimate of drug-likeness (QED) is 0.850. The van der Waals surface area contributed by atoms with E-state index in [0.717, 1.165) is 17.4 Å². The number of hydrogen-bond donors (Lipinski definition) is 2. The Morgan fingerprint density at radius 1 is 1.29 bits per heavy atom. The molecule has 4 nitrogen and oxygen atoms in total. The van der Waals surface area contributed by atoms with E-state index in [1.807, 2.05) is 37.4 Å². The smallest absolute Gasteiger partial charge is 0.200 e. The van der Waals surface area contributed by atoms with E-state index < -0.39 is 0 Å². The summed E-state index contributed by atoms with van der Waals surface area (Å²) in [7, 11) is 1.67. The first-order valence-corrected chi connectivity index (χ1v) is 5.61. The second-order valence-electron chi connectivity index (χ2n) is 4.05. The van der Waals surface area contributed by atoms with Crippen LogP contribution in [0.2, 0.25) is 0 Å². The van der Waals surface area contributed by atoms with Crippen molar-refractivity contribution in [3.05, 3.63) is 41.7 Å². The number of nitrogens with one attached hydrogen (secondary N) is 2. The number of aromatic nitrogens is 2. The molecule has 1 unspecified atom stereocenters. The topological polar surface area (TPSA) is 49.9 Å². The van der Waals surface area contributed by atoms with Crippen molar-refractivity contribution in [3.63, 3.8) is 0 Å². The van der Waals surface area contributed by atoms with Crippen LogP contribution < -0.4 is 10.1 Å². The fourth-order valence-electron chi connectivity index (χ4n) is 1.67. The van der Waals surface area contributed by atoms with Crippen molar-refractivity contribution >= 4 is 5.95 Å². The molecular weight excluding hydrogens is 214 g/mol. The summed E-state index contributed by atoms with van der Waals surface area (Å²) in [4.78, 5) is 7.38. The first-order chi connectivity index (χ1) is 8.19. The Kier molecular flexibility index (Phi) is 3.32. The van der Waals surface area contributed by atoms with Gasteiger partial charge in [0.25, 0.3) is 0 Å². The van der Waals surface area contributed by atoms with Crippen molar-refractivity contribution in [3.8, 4) is 5.75 Å². The Labute approximate surface area is 101 Å². The Balaban J connectivity index is 2.06. The predicted molar refractivity (Wildman–Crippen MR) is 68.4 cm³/mol. The molecule has 1 aromatic heterocycles. The summed E-state index contributed by atoms with van der Waals surface area (Å²) in [5.41, 5.74) is 2.24. The Morgan fingerprint density at radius 3 is 2.53 bits per heavy atom. The zero-order valence-corrected chi connectivity index (χ0v) is 10.3. The largest absolute Gasteiger partial charge is 0.497 e. The number of hydrogen-bond acceptors (Lipinski definition) is 3. The molecular formula is C13H17N3O. The normalized spacial score (nSPS) is 12.2. The molecule has 0 bridgehead atoms. The van der Waals surface area contributed by atoms with Gasteiger partial charge in [0.15, 0.2) is 0 Å². The molecule has 0 amide bonds. The molecule has 0 radical (unpaired) electrons. The van der Waals surface area contributed by atoms with Crippen molar-refractivity contribution in [2.24, 2.45) is 0 Å². The molecule has 17 heavy (non-hydrogen) atoms. The first-order valence-electron chi connectivity index (χ1n) is 5.61. The van der Waals surface area contributed by atoms with Gasteiger partial charge in [-0.2, -0.15) is 0 Å². The molecule has 2 aromatic rings. The van der Waals surface area contributed by atoms with Gasteiger partial charge in [0.1, 0.15) is 5.75 Å². The number of anilines is 1. The van der Waals surface area contributed by atoms with Gasteiger partial charge in [-0.05, 0) is 31.5 Å². The average molecular weight is 231 g/mol. The van der Waals surface area contributed by atoms with Crippen molar-refractivity contribution < 1.29 is 4.74 Å². The molecule has 0 aliphatic rings. The summed E-state index contributed by atoms with van der Waals surface area (Å²) < 4.78 is 5.13. The van der Waals surface area contributed by atoms with Crippen molar-refractivity contribution in [1.29, 1.82) is 0 Å². The predicted octanol–water partition coefficient (Wildman–Crippen LogP) is 2.90. The minimum Gasteiger partial charge on any atom is -0.497 e. The van der Waals surface area contributed by atoms with Crippen LogP contribution in [-0.4, -0.2) is 17.1 Å². The van der Waals surface area contributed by atoms with Crippen LogP contribution in [0.25, 0.3) is 0 Å². The van der Waals surface area contributed by atoms with E-state index in [1.165, 1.54) is 5.56 Å². The van der Waals surface area contributed by atoms with Crippen LogP contribution in [0.5, 0.6) is 5.75 Å². The summed E-state index contributed by atoms with van der Waals surface area (Å²) in [6.45, 7) is 4.08. The fraction of sp³-hybridized carbons (Fsp3) is 0.308. The lowest BCUT2D eigenvalue weighted by Gasteiger charge is -2.13. The Bertz CT molecular complexity index is 476. The van der Waals surface area contributed by atoms with Gasteiger partial charge < -0.3 is 15.0 Å². The highest BCUT2D eigenvalue weighted by Crippen LogP contribution is 2.20. The molecule has 1 aromatic carbocycles. The minimum absolute atomic E-state index is 0.200. The van der Waals surface area contributed by atoms with Gasteiger partial charge in [-0.1, -0.05) is 12.1 Å². The monoisotopic (exact) mass is 231 g/mol. The van der Waals surface area contributed by atoms with E-state index >= 15 is 0 Å². The molecule has 1 heterocycles. The number of nitrogens with zero attached hydrogens (tertiary/aromatic N) is 1. The van der Waals surface area contributed by atoms with E-state index in [0.29, 0.717) is 0 Å². The van der Waals surface area contributed by atoms with Gasteiger partial charge in [0, 0.05) is 11.9 Å². The second-order valence-corrected chi connectivity index (χ2v) is 4.05. The summed E-state index contributed by atoms with van der Waals surface area (Å²) in [6, 6.07) is 8.21. The average Bonchev–Trinajstić information content (AvgIpc) is 2.75. The lowest BCUT2D eigenvalue weighted by atomic mass is 10.1. The lowest BCUT2D eigenvalue weighted by Crippen LogP contribution is -2.07. The van der Waals surface area contributed by atoms with Crippen molar-refractivity contribution in [2.75, 3.05) is 12.4 Å².